The molecule has 1 aromatic carbocycles. The molecule has 0 fully saturated rings. The second-order valence-electron chi connectivity index (χ2n) is 5.49. The highest BCUT2D eigenvalue weighted by atomic mass is 16.5. The molecule has 1 amide bonds. The molecule has 0 radical (unpaired) electrons. The Morgan fingerprint density at radius 1 is 1.19 bits per heavy atom. The summed E-state index contributed by atoms with van der Waals surface area (Å²) in [5.74, 6) is -0.0992. The summed E-state index contributed by atoms with van der Waals surface area (Å²) in [4.78, 5) is 27.5. The number of aromatic nitrogens is 1. The molecule has 1 heterocycles. The Kier molecular flexibility index (Phi) is 7.36. The summed E-state index contributed by atoms with van der Waals surface area (Å²) < 4.78 is 10.5. The number of rotatable bonds is 8. The summed E-state index contributed by atoms with van der Waals surface area (Å²) >= 11 is 0. The van der Waals surface area contributed by atoms with Crippen LogP contribution in [0.25, 0.3) is 6.08 Å². The molecule has 136 valence electrons. The number of hydrogen-bond acceptors (Lipinski definition) is 5. The second kappa shape index (κ2) is 9.98. The zero-order chi connectivity index (χ0) is 18.8. The first-order valence-electron chi connectivity index (χ1n) is 8.36. The molecule has 0 spiro atoms. The predicted molar refractivity (Wildman–Crippen MR) is 98.3 cm³/mol. The molecule has 26 heavy (non-hydrogen) atoms. The van der Waals surface area contributed by atoms with Gasteiger partial charge in [-0.05, 0) is 49.8 Å². The van der Waals surface area contributed by atoms with E-state index in [0.29, 0.717) is 12.4 Å². The SMILES string of the molecule is CCOC(=O)C(C)NC(=O)C=Cc1ccc(OCc2ccccn2)cc1. The lowest BCUT2D eigenvalue weighted by Crippen LogP contribution is -2.38. The number of benzene rings is 1. The zero-order valence-electron chi connectivity index (χ0n) is 14.8. The van der Waals surface area contributed by atoms with Crippen molar-refractivity contribution in [2.24, 2.45) is 0 Å². The van der Waals surface area contributed by atoms with Crippen LogP contribution in [-0.4, -0.2) is 29.5 Å². The van der Waals surface area contributed by atoms with E-state index in [0.717, 1.165) is 11.3 Å². The maximum atomic E-state index is 11.8. The fourth-order valence-electron chi connectivity index (χ4n) is 2.08. The van der Waals surface area contributed by atoms with Crippen LogP contribution in [0.3, 0.4) is 0 Å². The standard InChI is InChI=1S/C20H22N2O4/c1-3-25-20(24)15(2)22-19(23)12-9-16-7-10-18(11-8-16)26-14-17-6-4-5-13-21-17/h4-13,15H,3,14H2,1-2H3,(H,22,23). The van der Waals surface area contributed by atoms with Gasteiger partial charge in [-0.2, -0.15) is 0 Å². The third-order valence-electron chi connectivity index (χ3n) is 3.42. The molecule has 2 rings (SSSR count). The molecular formula is C20H22N2O4. The predicted octanol–water partition coefficient (Wildman–Crippen LogP) is 2.74. The third kappa shape index (κ3) is 6.39. The van der Waals surface area contributed by atoms with Crippen molar-refractivity contribution in [1.82, 2.24) is 10.3 Å². The minimum atomic E-state index is -0.686. The molecule has 0 aliphatic carbocycles. The molecule has 1 atom stereocenters. The van der Waals surface area contributed by atoms with Crippen LogP contribution in [-0.2, 0) is 20.9 Å². The van der Waals surface area contributed by atoms with Crippen molar-refractivity contribution in [2.75, 3.05) is 6.61 Å². The van der Waals surface area contributed by atoms with Crippen molar-refractivity contribution in [3.63, 3.8) is 0 Å². The highest BCUT2D eigenvalue weighted by molar-refractivity contribution is 5.94. The largest absolute Gasteiger partial charge is 0.487 e. The van der Waals surface area contributed by atoms with Gasteiger partial charge >= 0.3 is 5.97 Å². The molecule has 0 aliphatic rings. The maximum absolute atomic E-state index is 11.8. The molecule has 0 aliphatic heterocycles. The summed E-state index contributed by atoms with van der Waals surface area (Å²) in [6.07, 6.45) is 4.76. The highest BCUT2D eigenvalue weighted by Gasteiger charge is 2.14. The van der Waals surface area contributed by atoms with Gasteiger partial charge in [-0.1, -0.05) is 18.2 Å². The minimum Gasteiger partial charge on any atom is -0.487 e. The van der Waals surface area contributed by atoms with Gasteiger partial charge in [0.25, 0.3) is 0 Å². The third-order valence-corrected chi connectivity index (χ3v) is 3.42. The van der Waals surface area contributed by atoms with Crippen LogP contribution < -0.4 is 10.1 Å². The van der Waals surface area contributed by atoms with Gasteiger partial charge in [0, 0.05) is 12.3 Å². The van der Waals surface area contributed by atoms with E-state index in [9.17, 15) is 9.59 Å². The molecule has 0 saturated carbocycles. The number of carbonyl (C=O) groups is 2. The fraction of sp³-hybridized carbons (Fsp3) is 0.250. The van der Waals surface area contributed by atoms with Gasteiger partial charge in [0.05, 0.1) is 12.3 Å². The number of carbonyl (C=O) groups excluding carboxylic acids is 2. The number of pyridine rings is 1. The van der Waals surface area contributed by atoms with E-state index >= 15 is 0 Å². The number of amides is 1. The Hall–Kier alpha value is -3.15. The first-order valence-corrected chi connectivity index (χ1v) is 8.36. The van der Waals surface area contributed by atoms with Gasteiger partial charge in [0.1, 0.15) is 18.4 Å². The zero-order valence-corrected chi connectivity index (χ0v) is 14.8. The Balaban J connectivity index is 1.83. The summed E-state index contributed by atoms with van der Waals surface area (Å²) in [5.41, 5.74) is 1.69. The van der Waals surface area contributed by atoms with Crippen LogP contribution >= 0.6 is 0 Å². The molecule has 0 saturated heterocycles. The number of nitrogens with zero attached hydrogens (tertiary/aromatic N) is 1. The van der Waals surface area contributed by atoms with Gasteiger partial charge in [-0.25, -0.2) is 4.79 Å². The Morgan fingerprint density at radius 2 is 1.96 bits per heavy atom. The van der Waals surface area contributed by atoms with E-state index in [1.165, 1.54) is 6.08 Å². The Bertz CT molecular complexity index is 742. The maximum Gasteiger partial charge on any atom is 0.328 e. The molecule has 1 N–H and O–H groups in total. The van der Waals surface area contributed by atoms with Crippen LogP contribution in [0.4, 0.5) is 0 Å². The first kappa shape index (κ1) is 19.2. The average molecular weight is 354 g/mol. The van der Waals surface area contributed by atoms with Crippen LogP contribution in [0.2, 0.25) is 0 Å². The van der Waals surface area contributed by atoms with Crippen molar-refractivity contribution < 1.29 is 19.1 Å². The minimum absolute atomic E-state index is 0.281. The van der Waals surface area contributed by atoms with E-state index in [1.807, 2.05) is 42.5 Å². The second-order valence-corrected chi connectivity index (χ2v) is 5.49. The first-order chi connectivity index (χ1) is 12.6. The van der Waals surface area contributed by atoms with E-state index < -0.39 is 12.0 Å². The molecule has 2 aromatic rings. The fourth-order valence-corrected chi connectivity index (χ4v) is 2.08. The van der Waals surface area contributed by atoms with Crippen molar-refractivity contribution in [3.8, 4) is 5.75 Å². The lowest BCUT2D eigenvalue weighted by atomic mass is 10.2. The Morgan fingerprint density at radius 3 is 2.62 bits per heavy atom. The van der Waals surface area contributed by atoms with Gasteiger partial charge in [-0.15, -0.1) is 0 Å². The topological polar surface area (TPSA) is 77.5 Å². The number of ether oxygens (including phenoxy) is 2. The number of nitrogens with one attached hydrogen (secondary N) is 1. The molecule has 6 heteroatoms. The van der Waals surface area contributed by atoms with Gasteiger partial charge < -0.3 is 14.8 Å². The van der Waals surface area contributed by atoms with Gasteiger partial charge in [-0.3, -0.25) is 9.78 Å². The van der Waals surface area contributed by atoms with Crippen LogP contribution in [0.5, 0.6) is 5.75 Å². The van der Waals surface area contributed by atoms with Crippen molar-refractivity contribution in [2.45, 2.75) is 26.5 Å². The van der Waals surface area contributed by atoms with Crippen molar-refractivity contribution >= 4 is 18.0 Å². The normalized spacial score (nSPS) is 11.8. The van der Waals surface area contributed by atoms with E-state index in [2.05, 4.69) is 10.3 Å². The summed E-state index contributed by atoms with van der Waals surface area (Å²) in [7, 11) is 0. The van der Waals surface area contributed by atoms with E-state index in [-0.39, 0.29) is 12.5 Å². The lowest BCUT2D eigenvalue weighted by Gasteiger charge is -2.10. The van der Waals surface area contributed by atoms with Crippen molar-refractivity contribution in [1.29, 1.82) is 0 Å². The smallest absolute Gasteiger partial charge is 0.328 e. The molecule has 1 unspecified atom stereocenters. The van der Waals surface area contributed by atoms with Crippen LogP contribution in [0, 0.1) is 0 Å². The summed E-state index contributed by atoms with van der Waals surface area (Å²) in [5, 5.41) is 2.55. The van der Waals surface area contributed by atoms with E-state index in [4.69, 9.17) is 9.47 Å². The van der Waals surface area contributed by atoms with Crippen LogP contribution in [0.1, 0.15) is 25.1 Å². The van der Waals surface area contributed by atoms with E-state index in [1.54, 1.807) is 26.1 Å². The summed E-state index contributed by atoms with van der Waals surface area (Å²) in [6.45, 7) is 3.97. The van der Waals surface area contributed by atoms with Gasteiger partial charge in [0.15, 0.2) is 0 Å². The average Bonchev–Trinajstić information content (AvgIpc) is 2.66. The monoisotopic (exact) mass is 354 g/mol. The van der Waals surface area contributed by atoms with Crippen molar-refractivity contribution in [3.05, 3.63) is 66.0 Å². The molecule has 1 aromatic heterocycles. The lowest BCUT2D eigenvalue weighted by molar-refractivity contribution is -0.146. The van der Waals surface area contributed by atoms with Gasteiger partial charge in [0.2, 0.25) is 5.91 Å². The quantitative estimate of drug-likeness (QED) is 0.583. The number of esters is 1. The Labute approximate surface area is 152 Å². The molecular weight excluding hydrogens is 332 g/mol. The highest BCUT2D eigenvalue weighted by Crippen LogP contribution is 2.14. The molecule has 6 nitrogen and oxygen atoms in total. The number of hydrogen-bond donors (Lipinski definition) is 1. The molecule has 0 bridgehead atoms. The van der Waals surface area contributed by atoms with Crippen LogP contribution in [0.15, 0.2) is 54.7 Å². The summed E-state index contributed by atoms with van der Waals surface area (Å²) in [6, 6.07) is 12.3.